The lowest BCUT2D eigenvalue weighted by atomic mass is 9.87. The number of aromatic nitrogens is 1. The lowest BCUT2D eigenvalue weighted by Gasteiger charge is -2.47. The normalized spacial score (nSPS) is 35.6. The molecule has 5 rings (SSSR count). The van der Waals surface area contributed by atoms with Gasteiger partial charge in [-0.2, -0.15) is 0 Å². The predicted octanol–water partition coefficient (Wildman–Crippen LogP) is 3.99. The Labute approximate surface area is 145 Å². The van der Waals surface area contributed by atoms with Gasteiger partial charge in [-0.05, 0) is 56.6 Å². The van der Waals surface area contributed by atoms with Crippen molar-refractivity contribution in [1.29, 1.82) is 0 Å². The van der Waals surface area contributed by atoms with Crippen LogP contribution in [-0.2, 0) is 0 Å². The van der Waals surface area contributed by atoms with Crippen LogP contribution < -0.4 is 4.90 Å². The van der Waals surface area contributed by atoms with E-state index in [1.54, 1.807) is 0 Å². The van der Waals surface area contributed by atoms with E-state index in [9.17, 15) is 8.78 Å². The summed E-state index contributed by atoms with van der Waals surface area (Å²) >= 11 is 1.98. The van der Waals surface area contributed by atoms with Crippen LogP contribution >= 0.6 is 11.8 Å². The van der Waals surface area contributed by atoms with Crippen LogP contribution in [0.2, 0.25) is 0 Å². The third-order valence-electron chi connectivity index (χ3n) is 5.99. The Morgan fingerprint density at radius 3 is 2.42 bits per heavy atom. The molecule has 24 heavy (non-hydrogen) atoms. The van der Waals surface area contributed by atoms with Crippen LogP contribution in [0.5, 0.6) is 0 Å². The van der Waals surface area contributed by atoms with Gasteiger partial charge in [0.25, 0.3) is 5.92 Å². The molecule has 130 valence electrons. The second-order valence-corrected chi connectivity index (χ2v) is 8.96. The van der Waals surface area contributed by atoms with Crippen molar-refractivity contribution in [2.75, 3.05) is 18.0 Å². The van der Waals surface area contributed by atoms with Gasteiger partial charge in [-0.25, -0.2) is 13.8 Å². The maximum atomic E-state index is 13.1. The van der Waals surface area contributed by atoms with Crippen LogP contribution in [0.25, 0.3) is 0 Å². The molecule has 0 N–H and O–H groups in total. The molecule has 1 atom stereocenters. The van der Waals surface area contributed by atoms with Gasteiger partial charge in [0, 0.05) is 18.3 Å². The van der Waals surface area contributed by atoms with E-state index in [1.807, 2.05) is 28.9 Å². The Morgan fingerprint density at radius 2 is 1.75 bits per heavy atom. The highest BCUT2D eigenvalue weighted by Gasteiger charge is 2.49. The number of thioether (sulfide) groups is 1. The van der Waals surface area contributed by atoms with Gasteiger partial charge in [0.2, 0.25) is 0 Å². The zero-order valence-electron chi connectivity index (χ0n) is 13.7. The molecule has 2 aliphatic heterocycles. The monoisotopic (exact) mass is 351 g/mol. The van der Waals surface area contributed by atoms with Crippen molar-refractivity contribution < 1.29 is 8.78 Å². The molecule has 2 aliphatic carbocycles. The number of rotatable bonds is 3. The highest BCUT2D eigenvalue weighted by atomic mass is 32.2. The van der Waals surface area contributed by atoms with Crippen molar-refractivity contribution in [3.63, 3.8) is 0 Å². The molecule has 1 aromatic heterocycles. The Balaban J connectivity index is 1.28. The van der Waals surface area contributed by atoms with E-state index in [-0.39, 0.29) is 13.1 Å². The fourth-order valence-electron chi connectivity index (χ4n) is 4.57. The lowest BCUT2D eigenvalue weighted by Crippen LogP contribution is -2.61. The Hall–Kier alpha value is -0.880. The first kappa shape index (κ1) is 15.4. The zero-order chi connectivity index (χ0) is 16.3. The van der Waals surface area contributed by atoms with Crippen LogP contribution in [0.15, 0.2) is 23.2 Å². The Bertz CT molecular complexity index is 620. The van der Waals surface area contributed by atoms with Crippen LogP contribution in [0.1, 0.15) is 38.5 Å². The quantitative estimate of drug-likeness (QED) is 0.820. The van der Waals surface area contributed by atoms with Crippen molar-refractivity contribution in [3.8, 4) is 0 Å². The number of hydrogen-bond acceptors (Lipinski definition) is 4. The summed E-state index contributed by atoms with van der Waals surface area (Å²) in [6.07, 6.45) is 8.86. The summed E-state index contributed by atoms with van der Waals surface area (Å²) in [4.78, 5) is 10.6. The zero-order valence-corrected chi connectivity index (χ0v) is 14.5. The van der Waals surface area contributed by atoms with E-state index in [2.05, 4.69) is 16.0 Å². The number of pyridine rings is 1. The van der Waals surface area contributed by atoms with Crippen LogP contribution in [0, 0.1) is 5.92 Å². The lowest BCUT2D eigenvalue weighted by molar-refractivity contribution is -0.149. The number of likely N-dealkylation sites (tertiary alicyclic amines) is 1. The van der Waals surface area contributed by atoms with Crippen LogP contribution in [0.4, 0.5) is 14.6 Å². The topological polar surface area (TPSA) is 19.4 Å². The molecule has 3 heterocycles. The summed E-state index contributed by atoms with van der Waals surface area (Å²) in [5, 5.41) is 0.546. The second kappa shape index (κ2) is 5.56. The third kappa shape index (κ3) is 2.62. The average molecular weight is 351 g/mol. The van der Waals surface area contributed by atoms with E-state index < -0.39 is 5.92 Å². The minimum atomic E-state index is -2.44. The standard InChI is InChI=1S/C18H23F2N3S/c19-18(20)10-22(11-18)13-5-7-14(8-6-13)23-16-15(2-1-9-21-16)24-17(23)12-3-4-12/h1-2,9,12-14,17H,3-8,10-11H2. The highest BCUT2D eigenvalue weighted by Crippen LogP contribution is 2.53. The first-order valence-corrected chi connectivity index (χ1v) is 10.0. The molecule has 0 bridgehead atoms. The number of hydrogen-bond donors (Lipinski definition) is 0. The third-order valence-corrected chi connectivity index (χ3v) is 7.41. The highest BCUT2D eigenvalue weighted by molar-refractivity contribution is 8.00. The number of fused-ring (bicyclic) bond motifs is 1. The second-order valence-electron chi connectivity index (χ2n) is 7.80. The smallest absolute Gasteiger partial charge is 0.272 e. The summed E-state index contributed by atoms with van der Waals surface area (Å²) in [6.45, 7) is -0.0615. The van der Waals surface area contributed by atoms with Crippen LogP contribution in [0.3, 0.4) is 0 Å². The molecular formula is C18H23F2N3S. The molecule has 0 spiro atoms. The number of anilines is 1. The molecule has 0 aromatic carbocycles. The molecule has 1 saturated heterocycles. The molecule has 2 saturated carbocycles. The van der Waals surface area contributed by atoms with Gasteiger partial charge in [0.05, 0.1) is 23.4 Å². The Kier molecular flexibility index (Phi) is 3.56. The summed E-state index contributed by atoms with van der Waals surface area (Å²) < 4.78 is 26.2. The van der Waals surface area contributed by atoms with Gasteiger partial charge in [-0.3, -0.25) is 4.90 Å². The fraction of sp³-hybridized carbons (Fsp3) is 0.722. The summed E-state index contributed by atoms with van der Waals surface area (Å²) in [7, 11) is 0. The molecule has 1 unspecified atom stereocenters. The maximum absolute atomic E-state index is 13.1. The Morgan fingerprint density at radius 1 is 1.04 bits per heavy atom. The van der Waals surface area contributed by atoms with Crippen molar-refractivity contribution in [2.45, 2.75) is 66.8 Å². The minimum Gasteiger partial charge on any atom is -0.340 e. The maximum Gasteiger partial charge on any atom is 0.272 e. The fourth-order valence-corrected chi connectivity index (χ4v) is 6.10. The van der Waals surface area contributed by atoms with Crippen LogP contribution in [-0.4, -0.2) is 46.4 Å². The predicted molar refractivity (Wildman–Crippen MR) is 91.6 cm³/mol. The molecule has 1 aromatic rings. The molecule has 6 heteroatoms. The SMILES string of the molecule is FC1(F)CN(C2CCC(N3c4ncccc4SC3C3CC3)CC2)C1. The first-order chi connectivity index (χ1) is 11.6. The van der Waals surface area contributed by atoms with Gasteiger partial charge in [-0.15, -0.1) is 0 Å². The number of halogens is 2. The van der Waals surface area contributed by atoms with E-state index in [0.717, 1.165) is 31.6 Å². The van der Waals surface area contributed by atoms with Gasteiger partial charge in [0.1, 0.15) is 5.82 Å². The summed E-state index contributed by atoms with van der Waals surface area (Å²) in [6, 6.07) is 5.10. The largest absolute Gasteiger partial charge is 0.340 e. The minimum absolute atomic E-state index is 0.0308. The molecule has 4 aliphatic rings. The summed E-state index contributed by atoms with van der Waals surface area (Å²) in [5.41, 5.74) is 0. The molecule has 3 fully saturated rings. The van der Waals surface area contributed by atoms with E-state index in [4.69, 9.17) is 0 Å². The molecular weight excluding hydrogens is 328 g/mol. The van der Waals surface area contributed by atoms with Gasteiger partial charge >= 0.3 is 0 Å². The van der Waals surface area contributed by atoms with Crippen molar-refractivity contribution in [2.24, 2.45) is 5.92 Å². The van der Waals surface area contributed by atoms with Gasteiger partial charge in [-0.1, -0.05) is 11.8 Å². The number of alkyl halides is 2. The van der Waals surface area contributed by atoms with Gasteiger partial charge in [0.15, 0.2) is 0 Å². The van der Waals surface area contributed by atoms with Gasteiger partial charge < -0.3 is 4.90 Å². The van der Waals surface area contributed by atoms with E-state index in [0.29, 0.717) is 17.5 Å². The molecule has 0 amide bonds. The van der Waals surface area contributed by atoms with E-state index >= 15 is 0 Å². The van der Waals surface area contributed by atoms with Crippen molar-refractivity contribution in [1.82, 2.24) is 9.88 Å². The number of nitrogens with zero attached hydrogens (tertiary/aromatic N) is 3. The first-order valence-electron chi connectivity index (χ1n) is 9.13. The average Bonchev–Trinajstić information content (AvgIpc) is 3.33. The molecule has 0 radical (unpaired) electrons. The summed E-state index contributed by atoms with van der Waals surface area (Å²) in [5.74, 6) is -0.475. The van der Waals surface area contributed by atoms with Crippen molar-refractivity contribution in [3.05, 3.63) is 18.3 Å². The molecule has 3 nitrogen and oxygen atoms in total. The van der Waals surface area contributed by atoms with Crippen molar-refractivity contribution >= 4 is 17.6 Å². The van der Waals surface area contributed by atoms with E-state index in [1.165, 1.54) is 23.6 Å².